The zero-order chi connectivity index (χ0) is 17.9. The van der Waals surface area contributed by atoms with Crippen LogP contribution in [0.3, 0.4) is 0 Å². The van der Waals surface area contributed by atoms with Gasteiger partial charge in [0.15, 0.2) is 5.13 Å². The largest absolute Gasteiger partial charge is 0.298 e. The quantitative estimate of drug-likeness (QED) is 0.527. The Kier molecular flexibility index (Phi) is 4.50. The van der Waals surface area contributed by atoms with E-state index in [9.17, 15) is 4.79 Å². The SMILES string of the molecule is Cc1cccc2sc(NC(=O)c3ccc(Cc4ccccc4)cc3)nc12. The van der Waals surface area contributed by atoms with E-state index in [1.165, 1.54) is 22.5 Å². The Labute approximate surface area is 156 Å². The third kappa shape index (κ3) is 3.51. The van der Waals surface area contributed by atoms with Crippen molar-refractivity contribution >= 4 is 32.6 Å². The summed E-state index contributed by atoms with van der Waals surface area (Å²) < 4.78 is 1.08. The van der Waals surface area contributed by atoms with Gasteiger partial charge in [0.2, 0.25) is 0 Å². The summed E-state index contributed by atoms with van der Waals surface area (Å²) in [5.41, 5.74) is 5.14. The Balaban J connectivity index is 1.48. The Hall–Kier alpha value is -2.98. The van der Waals surface area contributed by atoms with Gasteiger partial charge in [0.05, 0.1) is 10.2 Å². The summed E-state index contributed by atoms with van der Waals surface area (Å²) in [4.78, 5) is 17.0. The third-order valence-electron chi connectivity index (χ3n) is 4.31. The lowest BCUT2D eigenvalue weighted by Gasteiger charge is -2.05. The topological polar surface area (TPSA) is 42.0 Å². The van der Waals surface area contributed by atoms with Gasteiger partial charge in [-0.2, -0.15) is 0 Å². The molecule has 1 aromatic heterocycles. The molecule has 4 aromatic rings. The third-order valence-corrected chi connectivity index (χ3v) is 5.24. The molecule has 3 nitrogen and oxygen atoms in total. The minimum absolute atomic E-state index is 0.132. The summed E-state index contributed by atoms with van der Waals surface area (Å²) in [6, 6.07) is 24.1. The number of nitrogens with zero attached hydrogens (tertiary/aromatic N) is 1. The summed E-state index contributed by atoms with van der Waals surface area (Å²) >= 11 is 1.50. The molecule has 128 valence electrons. The Morgan fingerprint density at radius 1 is 0.923 bits per heavy atom. The van der Waals surface area contributed by atoms with Crippen LogP contribution >= 0.6 is 11.3 Å². The molecule has 0 aliphatic rings. The number of hydrogen-bond acceptors (Lipinski definition) is 3. The Morgan fingerprint density at radius 2 is 1.65 bits per heavy atom. The van der Waals surface area contributed by atoms with Crippen LogP contribution in [0.15, 0.2) is 72.8 Å². The van der Waals surface area contributed by atoms with E-state index in [4.69, 9.17) is 0 Å². The van der Waals surface area contributed by atoms with Gasteiger partial charge >= 0.3 is 0 Å². The molecule has 4 heteroatoms. The lowest BCUT2D eigenvalue weighted by molar-refractivity contribution is 0.102. The van der Waals surface area contributed by atoms with Crippen LogP contribution in [0, 0.1) is 6.92 Å². The first-order chi connectivity index (χ1) is 12.7. The van der Waals surface area contributed by atoms with Crippen molar-refractivity contribution in [1.29, 1.82) is 0 Å². The molecule has 3 aromatic carbocycles. The molecule has 0 unspecified atom stereocenters. The van der Waals surface area contributed by atoms with Crippen LogP contribution in [0.2, 0.25) is 0 Å². The fourth-order valence-electron chi connectivity index (χ4n) is 2.91. The highest BCUT2D eigenvalue weighted by atomic mass is 32.1. The highest BCUT2D eigenvalue weighted by Gasteiger charge is 2.11. The number of benzene rings is 3. The predicted molar refractivity (Wildman–Crippen MR) is 108 cm³/mol. The summed E-state index contributed by atoms with van der Waals surface area (Å²) in [5.74, 6) is -0.132. The molecule has 0 fully saturated rings. The van der Waals surface area contributed by atoms with Gasteiger partial charge in [-0.1, -0.05) is 65.9 Å². The van der Waals surface area contributed by atoms with E-state index in [1.807, 2.05) is 67.6 Å². The van der Waals surface area contributed by atoms with E-state index in [1.54, 1.807) is 0 Å². The average Bonchev–Trinajstić information content (AvgIpc) is 3.07. The van der Waals surface area contributed by atoms with E-state index < -0.39 is 0 Å². The smallest absolute Gasteiger partial charge is 0.257 e. The number of hydrogen-bond donors (Lipinski definition) is 1. The molecule has 4 rings (SSSR count). The first-order valence-electron chi connectivity index (χ1n) is 8.49. The number of thiazole rings is 1. The minimum atomic E-state index is -0.132. The number of rotatable bonds is 4. The monoisotopic (exact) mass is 358 g/mol. The molecule has 1 amide bonds. The second-order valence-electron chi connectivity index (χ2n) is 6.25. The molecule has 0 atom stereocenters. The number of amides is 1. The number of para-hydroxylation sites is 1. The maximum atomic E-state index is 12.5. The molecular formula is C22H18N2OS. The van der Waals surface area contributed by atoms with Crippen molar-refractivity contribution in [2.45, 2.75) is 13.3 Å². The molecule has 0 aliphatic carbocycles. The zero-order valence-electron chi connectivity index (χ0n) is 14.4. The van der Waals surface area contributed by atoms with Gasteiger partial charge in [-0.05, 0) is 48.2 Å². The van der Waals surface area contributed by atoms with Gasteiger partial charge in [0.25, 0.3) is 5.91 Å². The number of nitrogens with one attached hydrogen (secondary N) is 1. The highest BCUT2D eigenvalue weighted by molar-refractivity contribution is 7.22. The molecule has 0 radical (unpaired) electrons. The first-order valence-corrected chi connectivity index (χ1v) is 9.31. The molecule has 0 saturated heterocycles. The summed E-state index contributed by atoms with van der Waals surface area (Å²) in [6.45, 7) is 2.03. The van der Waals surface area contributed by atoms with Crippen LogP contribution in [0.1, 0.15) is 27.0 Å². The molecule has 0 aliphatic heterocycles. The lowest BCUT2D eigenvalue weighted by atomic mass is 10.0. The van der Waals surface area contributed by atoms with Crippen molar-refractivity contribution < 1.29 is 4.79 Å². The van der Waals surface area contributed by atoms with Crippen LogP contribution in [0.4, 0.5) is 5.13 Å². The maximum absolute atomic E-state index is 12.5. The maximum Gasteiger partial charge on any atom is 0.257 e. The number of carbonyl (C=O) groups is 1. The number of fused-ring (bicyclic) bond motifs is 1. The fraction of sp³-hybridized carbons (Fsp3) is 0.0909. The Morgan fingerprint density at radius 3 is 2.38 bits per heavy atom. The lowest BCUT2D eigenvalue weighted by Crippen LogP contribution is -2.11. The first kappa shape index (κ1) is 16.5. The second kappa shape index (κ2) is 7.10. The Bertz CT molecular complexity index is 1050. The normalized spacial score (nSPS) is 10.8. The summed E-state index contributed by atoms with van der Waals surface area (Å²) in [5, 5.41) is 3.54. The molecule has 0 saturated carbocycles. The summed E-state index contributed by atoms with van der Waals surface area (Å²) in [7, 11) is 0. The highest BCUT2D eigenvalue weighted by Crippen LogP contribution is 2.28. The molecule has 0 spiro atoms. The predicted octanol–water partition coefficient (Wildman–Crippen LogP) is 5.45. The van der Waals surface area contributed by atoms with Gasteiger partial charge in [-0.3, -0.25) is 10.1 Å². The van der Waals surface area contributed by atoms with Crippen molar-refractivity contribution in [3.05, 3.63) is 95.1 Å². The van der Waals surface area contributed by atoms with Gasteiger partial charge in [-0.15, -0.1) is 0 Å². The fourth-order valence-corrected chi connectivity index (χ4v) is 3.85. The van der Waals surface area contributed by atoms with Crippen molar-refractivity contribution in [1.82, 2.24) is 4.98 Å². The van der Waals surface area contributed by atoms with E-state index in [2.05, 4.69) is 22.4 Å². The average molecular weight is 358 g/mol. The number of aryl methyl sites for hydroxylation is 1. The molecular weight excluding hydrogens is 340 g/mol. The number of carbonyl (C=O) groups excluding carboxylic acids is 1. The van der Waals surface area contributed by atoms with Crippen LogP contribution in [0.25, 0.3) is 10.2 Å². The van der Waals surface area contributed by atoms with Gasteiger partial charge in [0, 0.05) is 5.56 Å². The number of aromatic nitrogens is 1. The van der Waals surface area contributed by atoms with Gasteiger partial charge in [0.1, 0.15) is 0 Å². The van der Waals surface area contributed by atoms with Crippen molar-refractivity contribution in [2.75, 3.05) is 5.32 Å². The minimum Gasteiger partial charge on any atom is -0.298 e. The van der Waals surface area contributed by atoms with E-state index in [-0.39, 0.29) is 5.91 Å². The van der Waals surface area contributed by atoms with Crippen molar-refractivity contribution in [2.24, 2.45) is 0 Å². The van der Waals surface area contributed by atoms with Crippen molar-refractivity contribution in [3.63, 3.8) is 0 Å². The molecule has 1 N–H and O–H groups in total. The van der Waals surface area contributed by atoms with E-state index in [0.29, 0.717) is 10.7 Å². The molecule has 26 heavy (non-hydrogen) atoms. The molecule has 0 bridgehead atoms. The van der Waals surface area contributed by atoms with Crippen LogP contribution in [-0.4, -0.2) is 10.9 Å². The standard InChI is InChI=1S/C22H18N2OS/c1-15-6-5-9-19-20(15)23-22(26-19)24-21(25)18-12-10-17(11-13-18)14-16-7-3-2-4-8-16/h2-13H,14H2,1H3,(H,23,24,25). The van der Waals surface area contributed by atoms with Gasteiger partial charge < -0.3 is 0 Å². The van der Waals surface area contributed by atoms with Crippen LogP contribution in [0.5, 0.6) is 0 Å². The van der Waals surface area contributed by atoms with Crippen LogP contribution < -0.4 is 5.32 Å². The number of anilines is 1. The molecule has 1 heterocycles. The van der Waals surface area contributed by atoms with Gasteiger partial charge in [-0.25, -0.2) is 4.98 Å². The summed E-state index contributed by atoms with van der Waals surface area (Å²) in [6.07, 6.45) is 0.861. The zero-order valence-corrected chi connectivity index (χ0v) is 15.2. The second-order valence-corrected chi connectivity index (χ2v) is 7.28. The van der Waals surface area contributed by atoms with Crippen LogP contribution in [-0.2, 0) is 6.42 Å². The van der Waals surface area contributed by atoms with Crippen molar-refractivity contribution in [3.8, 4) is 0 Å². The van der Waals surface area contributed by atoms with E-state index in [0.717, 1.165) is 22.2 Å². The van der Waals surface area contributed by atoms with E-state index >= 15 is 0 Å².